The maximum Gasteiger partial charge on any atom is 0.0470 e. The van der Waals surface area contributed by atoms with Gasteiger partial charge < -0.3 is 4.98 Å². The Kier molecular flexibility index (Phi) is 2.19. The van der Waals surface area contributed by atoms with Crippen molar-refractivity contribution in [2.45, 2.75) is 33.1 Å². The molecule has 84 valence electrons. The molecular weight excluding hydrogens is 262 g/mol. The van der Waals surface area contributed by atoms with E-state index in [4.69, 9.17) is 0 Å². The lowest BCUT2D eigenvalue weighted by atomic mass is 9.76. The van der Waals surface area contributed by atoms with Gasteiger partial charge in [0.1, 0.15) is 0 Å². The largest absolute Gasteiger partial charge is 0.358 e. The van der Waals surface area contributed by atoms with E-state index in [1.165, 1.54) is 45.9 Å². The zero-order valence-electron chi connectivity index (χ0n) is 9.73. The summed E-state index contributed by atoms with van der Waals surface area (Å²) in [4.78, 5) is 3.58. The first-order valence-electron chi connectivity index (χ1n) is 5.85. The predicted molar refractivity (Wildman–Crippen MR) is 71.8 cm³/mol. The third-order valence-electron chi connectivity index (χ3n) is 3.67. The highest BCUT2D eigenvalue weighted by molar-refractivity contribution is 9.10. The lowest BCUT2D eigenvalue weighted by Crippen LogP contribution is -2.21. The quantitative estimate of drug-likeness (QED) is 0.733. The van der Waals surface area contributed by atoms with E-state index < -0.39 is 0 Å². The van der Waals surface area contributed by atoms with Crippen LogP contribution in [0.15, 0.2) is 22.7 Å². The normalized spacial score (nSPS) is 18.7. The van der Waals surface area contributed by atoms with Gasteiger partial charge >= 0.3 is 0 Å². The van der Waals surface area contributed by atoms with Crippen molar-refractivity contribution < 1.29 is 0 Å². The fourth-order valence-electron chi connectivity index (χ4n) is 2.78. The van der Waals surface area contributed by atoms with Crippen LogP contribution in [-0.2, 0) is 12.8 Å². The number of aryl methyl sites for hydroxylation is 1. The zero-order chi connectivity index (χ0) is 11.3. The number of nitrogens with one attached hydrogen (secondary N) is 1. The molecule has 0 saturated carbocycles. The van der Waals surface area contributed by atoms with Gasteiger partial charge in [0.05, 0.1) is 0 Å². The van der Waals surface area contributed by atoms with Crippen molar-refractivity contribution in [3.63, 3.8) is 0 Å². The van der Waals surface area contributed by atoms with Crippen LogP contribution >= 0.6 is 15.9 Å². The number of H-pyrrole nitrogens is 1. The molecule has 0 aliphatic heterocycles. The number of benzene rings is 1. The van der Waals surface area contributed by atoms with Crippen LogP contribution in [0, 0.1) is 5.41 Å². The van der Waals surface area contributed by atoms with Crippen LogP contribution in [0.1, 0.15) is 31.5 Å². The molecule has 1 aromatic heterocycles. The Balaban J connectivity index is 2.25. The Hall–Kier alpha value is -0.760. The van der Waals surface area contributed by atoms with Crippen LogP contribution in [0.25, 0.3) is 10.9 Å². The van der Waals surface area contributed by atoms with Crippen molar-refractivity contribution in [3.8, 4) is 0 Å². The van der Waals surface area contributed by atoms with Crippen LogP contribution in [0.3, 0.4) is 0 Å². The fraction of sp³-hybridized carbons (Fsp3) is 0.429. The monoisotopic (exact) mass is 277 g/mol. The molecule has 1 aliphatic rings. The summed E-state index contributed by atoms with van der Waals surface area (Å²) in [7, 11) is 0. The van der Waals surface area contributed by atoms with E-state index in [0.29, 0.717) is 5.41 Å². The number of hydrogen-bond acceptors (Lipinski definition) is 0. The van der Waals surface area contributed by atoms with Crippen molar-refractivity contribution in [1.82, 2.24) is 4.98 Å². The van der Waals surface area contributed by atoms with Crippen molar-refractivity contribution in [2.75, 3.05) is 0 Å². The smallest absolute Gasteiger partial charge is 0.0470 e. The number of fused-ring (bicyclic) bond motifs is 3. The Morgan fingerprint density at radius 2 is 2.12 bits per heavy atom. The van der Waals surface area contributed by atoms with E-state index in [0.717, 1.165) is 0 Å². The summed E-state index contributed by atoms with van der Waals surface area (Å²) in [6.07, 6.45) is 3.66. The lowest BCUT2D eigenvalue weighted by molar-refractivity contribution is 0.313. The molecule has 0 amide bonds. The summed E-state index contributed by atoms with van der Waals surface area (Å²) in [5.74, 6) is 0. The minimum Gasteiger partial charge on any atom is -0.358 e. The molecule has 0 unspecified atom stereocenters. The molecule has 1 N–H and O–H groups in total. The molecule has 3 rings (SSSR count). The van der Waals surface area contributed by atoms with Gasteiger partial charge in [-0.1, -0.05) is 35.8 Å². The van der Waals surface area contributed by atoms with Gasteiger partial charge in [-0.25, -0.2) is 0 Å². The molecule has 16 heavy (non-hydrogen) atoms. The Bertz CT molecular complexity index is 551. The Morgan fingerprint density at radius 1 is 1.31 bits per heavy atom. The second-order valence-corrected chi connectivity index (χ2v) is 6.44. The Labute approximate surface area is 104 Å². The summed E-state index contributed by atoms with van der Waals surface area (Å²) in [6, 6.07) is 6.40. The molecule has 0 bridgehead atoms. The average molecular weight is 278 g/mol. The van der Waals surface area contributed by atoms with Gasteiger partial charge in [-0.15, -0.1) is 0 Å². The molecule has 1 nitrogen and oxygen atoms in total. The minimum atomic E-state index is 0.445. The van der Waals surface area contributed by atoms with E-state index in [1.807, 2.05) is 0 Å². The van der Waals surface area contributed by atoms with Crippen LogP contribution in [0.5, 0.6) is 0 Å². The fourth-order valence-corrected chi connectivity index (χ4v) is 3.39. The molecule has 0 saturated heterocycles. The summed E-state index contributed by atoms with van der Waals surface area (Å²) >= 11 is 3.66. The zero-order valence-corrected chi connectivity index (χ0v) is 11.3. The molecule has 1 aromatic carbocycles. The number of rotatable bonds is 0. The molecule has 0 fully saturated rings. The number of aromatic amines is 1. The van der Waals surface area contributed by atoms with E-state index in [-0.39, 0.29) is 0 Å². The third-order valence-corrected chi connectivity index (χ3v) is 4.33. The SMILES string of the molecule is CC1(C)CCc2c([nH]c3cccc(Br)c23)C1. The highest BCUT2D eigenvalue weighted by Gasteiger charge is 2.28. The van der Waals surface area contributed by atoms with Crippen LogP contribution < -0.4 is 0 Å². The average Bonchev–Trinajstić information content (AvgIpc) is 2.54. The predicted octanol–water partition coefficient (Wildman–Crippen LogP) is 4.45. The first kappa shape index (κ1) is 10.4. The van der Waals surface area contributed by atoms with E-state index in [1.54, 1.807) is 0 Å². The van der Waals surface area contributed by atoms with Crippen molar-refractivity contribution >= 4 is 26.8 Å². The van der Waals surface area contributed by atoms with Gasteiger partial charge in [0.15, 0.2) is 0 Å². The number of aromatic nitrogens is 1. The van der Waals surface area contributed by atoms with Crippen LogP contribution in [0.4, 0.5) is 0 Å². The van der Waals surface area contributed by atoms with E-state index in [9.17, 15) is 0 Å². The standard InChI is InChI=1S/C14H16BrN/c1-14(2)7-6-9-12(8-14)16-11-5-3-4-10(15)13(9)11/h3-5,16H,6-8H2,1-2H3. The van der Waals surface area contributed by atoms with Gasteiger partial charge in [-0.05, 0) is 42.4 Å². The highest BCUT2D eigenvalue weighted by Crippen LogP contribution is 2.39. The van der Waals surface area contributed by atoms with Crippen molar-refractivity contribution in [1.29, 1.82) is 0 Å². The van der Waals surface area contributed by atoms with E-state index >= 15 is 0 Å². The van der Waals surface area contributed by atoms with Crippen molar-refractivity contribution in [2.24, 2.45) is 5.41 Å². The Morgan fingerprint density at radius 3 is 2.94 bits per heavy atom. The highest BCUT2D eigenvalue weighted by atomic mass is 79.9. The number of halogens is 1. The van der Waals surface area contributed by atoms with Crippen LogP contribution in [0.2, 0.25) is 0 Å². The van der Waals surface area contributed by atoms with Gasteiger partial charge in [0, 0.05) is 21.1 Å². The van der Waals surface area contributed by atoms with Crippen LogP contribution in [-0.4, -0.2) is 4.98 Å². The molecule has 1 heterocycles. The minimum absolute atomic E-state index is 0.445. The molecule has 0 spiro atoms. The van der Waals surface area contributed by atoms with E-state index in [2.05, 4.69) is 53.0 Å². The maximum atomic E-state index is 3.66. The first-order chi connectivity index (χ1) is 7.57. The maximum absolute atomic E-state index is 3.66. The number of hydrogen-bond donors (Lipinski definition) is 1. The van der Waals surface area contributed by atoms with Gasteiger partial charge in [-0.3, -0.25) is 0 Å². The van der Waals surface area contributed by atoms with Gasteiger partial charge in [-0.2, -0.15) is 0 Å². The second kappa shape index (κ2) is 3.36. The summed E-state index contributed by atoms with van der Waals surface area (Å²) in [5.41, 5.74) is 4.69. The summed E-state index contributed by atoms with van der Waals surface area (Å²) in [5, 5.41) is 1.40. The first-order valence-corrected chi connectivity index (χ1v) is 6.64. The molecule has 0 atom stereocenters. The third kappa shape index (κ3) is 1.51. The topological polar surface area (TPSA) is 15.8 Å². The van der Waals surface area contributed by atoms with Gasteiger partial charge in [0.2, 0.25) is 0 Å². The molecule has 0 radical (unpaired) electrons. The molecule has 1 aliphatic carbocycles. The lowest BCUT2D eigenvalue weighted by Gasteiger charge is -2.29. The molecular formula is C14H16BrN. The summed E-state index contributed by atoms with van der Waals surface area (Å²) in [6.45, 7) is 4.72. The van der Waals surface area contributed by atoms with Gasteiger partial charge in [0.25, 0.3) is 0 Å². The second-order valence-electron chi connectivity index (χ2n) is 5.59. The molecule has 2 heteroatoms. The van der Waals surface area contributed by atoms with Crippen molar-refractivity contribution in [3.05, 3.63) is 33.9 Å². The molecule has 2 aromatic rings. The summed E-state index contributed by atoms with van der Waals surface area (Å²) < 4.78 is 1.22.